The van der Waals surface area contributed by atoms with Crippen LogP contribution in [0.4, 0.5) is 0 Å². The van der Waals surface area contributed by atoms with Gasteiger partial charge in [-0.2, -0.15) is 4.80 Å². The molecule has 138 valence electrons. The lowest BCUT2D eigenvalue weighted by molar-refractivity contribution is 0.0958. The molecule has 0 saturated heterocycles. The molecule has 1 heterocycles. The van der Waals surface area contributed by atoms with E-state index >= 15 is 0 Å². The summed E-state index contributed by atoms with van der Waals surface area (Å²) in [4.78, 5) is 25.2. The van der Waals surface area contributed by atoms with E-state index in [1.54, 1.807) is 24.3 Å². The van der Waals surface area contributed by atoms with Crippen molar-refractivity contribution in [3.05, 3.63) is 64.7 Å². The number of amides is 1. The molecule has 2 aromatic carbocycles. The number of hydrogen-bond donors (Lipinski definition) is 1. The summed E-state index contributed by atoms with van der Waals surface area (Å²) in [6, 6.07) is 12.6. The highest BCUT2D eigenvalue weighted by Gasteiger charge is 2.15. The fourth-order valence-electron chi connectivity index (χ4n) is 2.83. The van der Waals surface area contributed by atoms with E-state index in [-0.39, 0.29) is 12.3 Å². The van der Waals surface area contributed by atoms with Gasteiger partial charge in [-0.1, -0.05) is 38.1 Å². The lowest BCUT2D eigenvalue weighted by Crippen LogP contribution is -2.15. The summed E-state index contributed by atoms with van der Waals surface area (Å²) >= 11 is 0. The van der Waals surface area contributed by atoms with Crippen LogP contribution in [0.25, 0.3) is 11.4 Å². The highest BCUT2D eigenvalue weighted by molar-refractivity contribution is 5.97. The molecule has 3 rings (SSSR count). The normalized spacial score (nSPS) is 10.7. The summed E-state index contributed by atoms with van der Waals surface area (Å²) in [6.45, 7) is 4.11. The van der Waals surface area contributed by atoms with Crippen LogP contribution in [0.15, 0.2) is 42.5 Å². The van der Waals surface area contributed by atoms with Crippen LogP contribution < -0.4 is 5.73 Å². The molecule has 0 atom stereocenters. The van der Waals surface area contributed by atoms with Crippen LogP contribution in [0.5, 0.6) is 0 Å². The molecule has 0 saturated carbocycles. The minimum absolute atomic E-state index is 0.0204. The largest absolute Gasteiger partial charge is 0.366 e. The molecule has 0 aliphatic heterocycles. The van der Waals surface area contributed by atoms with Crippen LogP contribution in [0.2, 0.25) is 0 Å². The van der Waals surface area contributed by atoms with Crippen molar-refractivity contribution in [1.29, 1.82) is 0 Å². The minimum Gasteiger partial charge on any atom is -0.366 e. The van der Waals surface area contributed by atoms with E-state index in [0.29, 0.717) is 22.5 Å². The Bertz CT molecular complexity index is 976. The van der Waals surface area contributed by atoms with Gasteiger partial charge in [0, 0.05) is 16.7 Å². The smallest absolute Gasteiger partial charge is 0.248 e. The molecule has 0 fully saturated rings. The first-order chi connectivity index (χ1) is 13.0. The first-order valence-electron chi connectivity index (χ1n) is 8.84. The van der Waals surface area contributed by atoms with Crippen molar-refractivity contribution < 1.29 is 9.59 Å². The van der Waals surface area contributed by atoms with Crippen molar-refractivity contribution in [1.82, 2.24) is 20.2 Å². The Morgan fingerprint density at radius 3 is 2.41 bits per heavy atom. The molecular formula is C20H21N5O2. The third kappa shape index (κ3) is 4.08. The van der Waals surface area contributed by atoms with E-state index < -0.39 is 5.91 Å². The molecule has 0 spiro atoms. The maximum atomic E-state index is 12.7. The fourth-order valence-corrected chi connectivity index (χ4v) is 2.83. The average Bonchev–Trinajstić information content (AvgIpc) is 3.15. The molecular weight excluding hydrogens is 342 g/mol. The predicted molar refractivity (Wildman–Crippen MR) is 101 cm³/mol. The number of aromatic nitrogens is 4. The Labute approximate surface area is 157 Å². The van der Waals surface area contributed by atoms with Crippen molar-refractivity contribution in [3.8, 4) is 11.4 Å². The number of nitrogens with zero attached hydrogens (tertiary/aromatic N) is 4. The molecule has 7 nitrogen and oxygen atoms in total. The number of primary amides is 1. The van der Waals surface area contributed by atoms with Gasteiger partial charge >= 0.3 is 0 Å². The lowest BCUT2D eigenvalue weighted by atomic mass is 9.98. The molecule has 0 bridgehead atoms. The monoisotopic (exact) mass is 363 g/mol. The number of rotatable bonds is 7. The SMILES string of the molecule is CCc1ccc(CC)c(C(=O)Cn2nnc(-c3ccc(C(N)=O)cc3)n2)c1. The second-order valence-corrected chi connectivity index (χ2v) is 6.21. The number of hydrogen-bond acceptors (Lipinski definition) is 5. The summed E-state index contributed by atoms with van der Waals surface area (Å²) in [5.74, 6) is -0.156. The maximum Gasteiger partial charge on any atom is 0.248 e. The summed E-state index contributed by atoms with van der Waals surface area (Å²) in [7, 11) is 0. The quantitative estimate of drug-likeness (QED) is 0.649. The predicted octanol–water partition coefficient (Wildman–Crippen LogP) is 2.45. The van der Waals surface area contributed by atoms with Crippen molar-refractivity contribution in [2.75, 3.05) is 0 Å². The molecule has 3 aromatic rings. The first-order valence-corrected chi connectivity index (χ1v) is 8.84. The Morgan fingerprint density at radius 1 is 1.04 bits per heavy atom. The molecule has 0 aliphatic carbocycles. The molecule has 27 heavy (non-hydrogen) atoms. The van der Waals surface area contributed by atoms with Crippen molar-refractivity contribution in [2.24, 2.45) is 5.73 Å². The Hall–Kier alpha value is -3.35. The van der Waals surface area contributed by atoms with Crippen LogP contribution in [0, 0.1) is 0 Å². The zero-order valence-electron chi connectivity index (χ0n) is 15.3. The Kier molecular flexibility index (Phi) is 5.40. The van der Waals surface area contributed by atoms with E-state index in [4.69, 9.17) is 5.73 Å². The van der Waals surface area contributed by atoms with Crippen molar-refractivity contribution in [3.63, 3.8) is 0 Å². The maximum absolute atomic E-state index is 12.7. The highest BCUT2D eigenvalue weighted by Crippen LogP contribution is 2.17. The van der Waals surface area contributed by atoms with Gasteiger partial charge < -0.3 is 5.73 Å². The average molecular weight is 363 g/mol. The van der Waals surface area contributed by atoms with Gasteiger partial charge in [-0.25, -0.2) is 0 Å². The van der Waals surface area contributed by atoms with E-state index in [9.17, 15) is 9.59 Å². The van der Waals surface area contributed by atoms with Gasteiger partial charge in [0.2, 0.25) is 11.7 Å². The minimum atomic E-state index is -0.496. The number of nitrogens with two attached hydrogens (primary N) is 1. The Morgan fingerprint density at radius 2 is 1.78 bits per heavy atom. The fraction of sp³-hybridized carbons (Fsp3) is 0.250. The van der Waals surface area contributed by atoms with Gasteiger partial charge in [-0.15, -0.1) is 10.2 Å². The van der Waals surface area contributed by atoms with Crippen molar-refractivity contribution in [2.45, 2.75) is 33.2 Å². The van der Waals surface area contributed by atoms with Crippen LogP contribution in [-0.4, -0.2) is 31.9 Å². The topological polar surface area (TPSA) is 104 Å². The molecule has 1 aromatic heterocycles. The van der Waals surface area contributed by atoms with Crippen molar-refractivity contribution >= 4 is 11.7 Å². The molecule has 7 heteroatoms. The lowest BCUT2D eigenvalue weighted by Gasteiger charge is -2.08. The first kappa shape index (κ1) is 18.4. The number of aryl methyl sites for hydroxylation is 2. The summed E-state index contributed by atoms with van der Waals surface area (Å²) in [5, 5.41) is 12.3. The van der Waals surface area contributed by atoms with Gasteiger partial charge in [-0.05, 0) is 47.4 Å². The standard InChI is InChI=1S/C20H21N5O2/c1-3-13-5-6-14(4-2)17(11-13)18(26)12-25-23-20(22-24-25)16-9-7-15(8-10-16)19(21)27/h5-11H,3-4,12H2,1-2H3,(H2,21,27). The number of Topliss-reactive ketones (excluding diaryl/α,β-unsaturated/α-hetero) is 1. The third-order valence-electron chi connectivity index (χ3n) is 4.43. The number of ketones is 1. The number of benzene rings is 2. The van der Waals surface area contributed by atoms with Gasteiger partial charge in [0.05, 0.1) is 0 Å². The number of carbonyl (C=O) groups excluding carboxylic acids is 2. The van der Waals surface area contributed by atoms with Crippen LogP contribution in [0.3, 0.4) is 0 Å². The van der Waals surface area contributed by atoms with Gasteiger partial charge in [-0.3, -0.25) is 9.59 Å². The summed E-state index contributed by atoms with van der Waals surface area (Å²) in [6.07, 6.45) is 1.66. The highest BCUT2D eigenvalue weighted by atomic mass is 16.1. The molecule has 1 amide bonds. The molecule has 0 radical (unpaired) electrons. The number of carbonyl (C=O) groups is 2. The van der Waals surface area contributed by atoms with E-state index in [1.165, 1.54) is 4.80 Å². The van der Waals surface area contributed by atoms with Crippen LogP contribution in [0.1, 0.15) is 45.7 Å². The Balaban J connectivity index is 1.79. The number of tetrazole rings is 1. The second kappa shape index (κ2) is 7.90. The van der Waals surface area contributed by atoms with E-state index in [0.717, 1.165) is 24.0 Å². The van der Waals surface area contributed by atoms with Gasteiger partial charge in [0.25, 0.3) is 0 Å². The van der Waals surface area contributed by atoms with Gasteiger partial charge in [0.1, 0.15) is 6.54 Å². The van der Waals surface area contributed by atoms with E-state index in [1.807, 2.05) is 19.1 Å². The van der Waals surface area contributed by atoms with Crippen LogP contribution in [-0.2, 0) is 19.4 Å². The summed E-state index contributed by atoms with van der Waals surface area (Å²) in [5.41, 5.74) is 9.18. The molecule has 2 N–H and O–H groups in total. The van der Waals surface area contributed by atoms with E-state index in [2.05, 4.69) is 28.4 Å². The second-order valence-electron chi connectivity index (χ2n) is 6.21. The molecule has 0 aliphatic rings. The zero-order valence-corrected chi connectivity index (χ0v) is 15.3. The van der Waals surface area contributed by atoms with Crippen LogP contribution >= 0.6 is 0 Å². The molecule has 0 unspecified atom stereocenters. The summed E-state index contributed by atoms with van der Waals surface area (Å²) < 4.78 is 0. The zero-order chi connectivity index (χ0) is 19.4. The third-order valence-corrected chi connectivity index (χ3v) is 4.43. The van der Waals surface area contributed by atoms with Gasteiger partial charge in [0.15, 0.2) is 5.78 Å².